The Labute approximate surface area is 63.3 Å². The summed E-state index contributed by atoms with van der Waals surface area (Å²) in [7, 11) is 0. The molecule has 2 unspecified atom stereocenters. The van der Waals surface area contributed by atoms with E-state index in [1.165, 1.54) is 0 Å². The van der Waals surface area contributed by atoms with Crippen LogP contribution in [0.3, 0.4) is 0 Å². The molecule has 0 bridgehead atoms. The Hall–Kier alpha value is 1.17. The molecule has 7 heavy (non-hydrogen) atoms. The van der Waals surface area contributed by atoms with Gasteiger partial charge in [0.15, 0.2) is 0 Å². The lowest BCUT2D eigenvalue weighted by Crippen LogP contribution is -2.13. The van der Waals surface area contributed by atoms with Crippen molar-refractivity contribution in [3.05, 3.63) is 0 Å². The molecule has 0 aliphatic carbocycles. The van der Waals surface area contributed by atoms with E-state index in [1.807, 2.05) is 0 Å². The molecule has 0 aromatic heterocycles. The zero-order valence-corrected chi connectivity index (χ0v) is 6.64. The van der Waals surface area contributed by atoms with Crippen LogP contribution in [0, 0.1) is 0 Å². The molecule has 0 rings (SSSR count). The van der Waals surface area contributed by atoms with Crippen molar-refractivity contribution in [2.24, 2.45) is 0 Å². The van der Waals surface area contributed by atoms with Crippen molar-refractivity contribution in [3.8, 4) is 0 Å². The van der Waals surface area contributed by atoms with Crippen LogP contribution in [0.2, 0.25) is 0 Å². The molecular formula is C2HCl2F2I. The van der Waals surface area contributed by atoms with Crippen LogP contribution in [0.1, 0.15) is 0 Å². The molecule has 0 saturated carbocycles. The molecule has 5 heteroatoms. The van der Waals surface area contributed by atoms with Crippen molar-refractivity contribution in [2.75, 3.05) is 0 Å². The molecule has 0 aromatic rings. The minimum atomic E-state index is -2.46. The number of hydrogen-bond acceptors (Lipinski definition) is 0. The minimum absolute atomic E-state index is 1.06. The van der Waals surface area contributed by atoms with Crippen molar-refractivity contribution in [3.63, 3.8) is 0 Å². The van der Waals surface area contributed by atoms with Crippen molar-refractivity contribution in [1.82, 2.24) is 0 Å². The second-order valence-corrected chi connectivity index (χ2v) is 3.98. The van der Waals surface area contributed by atoms with E-state index in [9.17, 15) is 8.78 Å². The van der Waals surface area contributed by atoms with Crippen molar-refractivity contribution >= 4 is 45.8 Å². The molecule has 0 aliphatic rings. The first kappa shape index (κ1) is 8.17. The summed E-state index contributed by atoms with van der Waals surface area (Å²) in [5, 5.41) is 0. The highest BCUT2D eigenvalue weighted by atomic mass is 127. The number of rotatable bonds is 1. The third kappa shape index (κ3) is 3.73. The van der Waals surface area contributed by atoms with Crippen molar-refractivity contribution < 1.29 is 8.78 Å². The quantitative estimate of drug-likeness (QED) is 0.502. The molecule has 0 nitrogen and oxygen atoms in total. The average molecular weight is 261 g/mol. The summed E-state index contributed by atoms with van der Waals surface area (Å²) in [5.74, 6) is 0. The third-order valence-electron chi connectivity index (χ3n) is 0.247. The van der Waals surface area contributed by atoms with E-state index in [0.717, 1.165) is 22.6 Å². The molecule has 0 spiro atoms. The van der Waals surface area contributed by atoms with Gasteiger partial charge in [-0.1, -0.05) is 23.2 Å². The summed E-state index contributed by atoms with van der Waals surface area (Å²) in [6.07, 6.45) is 0. The lowest BCUT2D eigenvalue weighted by Gasteiger charge is -2.06. The molecule has 0 aromatic carbocycles. The topological polar surface area (TPSA) is 0 Å². The van der Waals surface area contributed by atoms with Gasteiger partial charge in [-0.15, -0.1) is 0 Å². The number of halogens is 5. The predicted octanol–water partition coefficient (Wildman–Crippen LogP) is 2.82. The molecule has 0 aliphatic heterocycles. The van der Waals surface area contributed by atoms with E-state index in [1.54, 1.807) is 0 Å². The Morgan fingerprint density at radius 3 is 1.86 bits per heavy atom. The SMILES string of the molecule is FC(Cl)C(F)(Cl)I. The van der Waals surface area contributed by atoms with Gasteiger partial charge in [0.2, 0.25) is 5.63 Å². The van der Waals surface area contributed by atoms with Gasteiger partial charge in [-0.3, -0.25) is 0 Å². The normalized spacial score (nSPS) is 23.6. The predicted molar refractivity (Wildman–Crippen MR) is 34.5 cm³/mol. The molecule has 0 heterocycles. The molecule has 0 saturated heterocycles. The monoisotopic (exact) mass is 260 g/mol. The highest BCUT2D eigenvalue weighted by Gasteiger charge is 2.31. The van der Waals surface area contributed by atoms with Gasteiger partial charge >= 0.3 is 0 Å². The van der Waals surface area contributed by atoms with Crippen molar-refractivity contribution in [1.29, 1.82) is 0 Å². The summed E-state index contributed by atoms with van der Waals surface area (Å²) in [6, 6.07) is 0. The van der Waals surface area contributed by atoms with E-state index in [4.69, 9.17) is 0 Å². The third-order valence-corrected chi connectivity index (χ3v) is 1.77. The van der Waals surface area contributed by atoms with Gasteiger partial charge in [-0.2, -0.15) is 0 Å². The fourth-order valence-corrected chi connectivity index (χ4v) is 0. The lowest BCUT2D eigenvalue weighted by atomic mass is 10.8. The fraction of sp³-hybridized carbons (Fsp3) is 1.00. The first-order chi connectivity index (χ1) is 2.94. The molecule has 44 valence electrons. The van der Waals surface area contributed by atoms with Crippen LogP contribution in [-0.2, 0) is 0 Å². The second kappa shape index (κ2) is 2.64. The summed E-state index contributed by atoms with van der Waals surface area (Å²) in [5.41, 5.74) is -2.14. The second-order valence-electron chi connectivity index (χ2n) is 0.842. The highest BCUT2D eigenvalue weighted by molar-refractivity contribution is 14.1. The Kier molecular flexibility index (Phi) is 3.08. The smallest absolute Gasteiger partial charge is 0.224 e. The summed E-state index contributed by atoms with van der Waals surface area (Å²) >= 11 is 10.3. The maximum absolute atomic E-state index is 11.8. The van der Waals surface area contributed by atoms with Gasteiger partial charge in [0.25, 0.3) is 3.13 Å². The van der Waals surface area contributed by atoms with Gasteiger partial charge in [0, 0.05) is 0 Å². The van der Waals surface area contributed by atoms with Crippen LogP contribution in [0.5, 0.6) is 0 Å². The van der Waals surface area contributed by atoms with Gasteiger partial charge in [0.05, 0.1) is 0 Å². The molecular weight excluding hydrogens is 260 g/mol. The van der Waals surface area contributed by atoms with Crippen LogP contribution < -0.4 is 0 Å². The lowest BCUT2D eigenvalue weighted by molar-refractivity contribution is 0.291. The van der Waals surface area contributed by atoms with E-state index >= 15 is 0 Å². The zero-order chi connectivity index (χ0) is 6.08. The van der Waals surface area contributed by atoms with Crippen LogP contribution >= 0.6 is 45.8 Å². The van der Waals surface area contributed by atoms with E-state index < -0.39 is 8.77 Å². The summed E-state index contributed by atoms with van der Waals surface area (Å²) < 4.78 is 20.8. The van der Waals surface area contributed by atoms with Gasteiger partial charge in [-0.25, -0.2) is 8.78 Å². The standard InChI is InChI=1S/C2HCl2F2I/c3-1(5)2(4,6)7/h1H. The van der Waals surface area contributed by atoms with E-state index in [2.05, 4.69) is 23.2 Å². The highest BCUT2D eigenvalue weighted by Crippen LogP contribution is 2.33. The Morgan fingerprint density at radius 1 is 1.71 bits per heavy atom. The molecule has 0 N–H and O–H groups in total. The van der Waals surface area contributed by atoms with Crippen LogP contribution in [0.25, 0.3) is 0 Å². The average Bonchev–Trinajstić information content (AvgIpc) is 1.31. The maximum atomic E-state index is 11.8. The summed E-state index contributed by atoms with van der Waals surface area (Å²) in [6.45, 7) is 0. The first-order valence-electron chi connectivity index (χ1n) is 1.29. The largest absolute Gasteiger partial charge is 0.278 e. The van der Waals surface area contributed by atoms with Crippen molar-refractivity contribution in [2.45, 2.75) is 8.77 Å². The molecule has 2 atom stereocenters. The Balaban J connectivity index is 3.54. The number of alkyl halides is 5. The van der Waals surface area contributed by atoms with Gasteiger partial charge in [-0.05, 0) is 22.6 Å². The van der Waals surface area contributed by atoms with Gasteiger partial charge < -0.3 is 0 Å². The Morgan fingerprint density at radius 2 is 1.86 bits per heavy atom. The molecule has 0 fully saturated rings. The van der Waals surface area contributed by atoms with E-state index in [-0.39, 0.29) is 0 Å². The minimum Gasteiger partial charge on any atom is -0.224 e. The fourth-order valence-electron chi connectivity index (χ4n) is 0. The Bertz CT molecular complexity index is 59.2. The maximum Gasteiger partial charge on any atom is 0.278 e. The van der Waals surface area contributed by atoms with Gasteiger partial charge in [0.1, 0.15) is 0 Å². The van der Waals surface area contributed by atoms with Crippen LogP contribution in [-0.4, -0.2) is 8.77 Å². The molecule has 0 amide bonds. The summed E-state index contributed by atoms with van der Waals surface area (Å²) in [4.78, 5) is 0. The first-order valence-corrected chi connectivity index (χ1v) is 3.19. The number of hydrogen-bond donors (Lipinski definition) is 0. The van der Waals surface area contributed by atoms with E-state index in [0.29, 0.717) is 0 Å². The van der Waals surface area contributed by atoms with Crippen LogP contribution in [0.4, 0.5) is 8.78 Å². The zero-order valence-electron chi connectivity index (χ0n) is 2.97. The van der Waals surface area contributed by atoms with Crippen LogP contribution in [0.15, 0.2) is 0 Å². The molecule has 0 radical (unpaired) electrons.